The first-order chi connectivity index (χ1) is 2.91. The molecule has 0 atom stereocenters. The summed E-state index contributed by atoms with van der Waals surface area (Å²) in [6, 6.07) is 0. The summed E-state index contributed by atoms with van der Waals surface area (Å²) in [5.41, 5.74) is 0. The Morgan fingerprint density at radius 1 is 1.67 bits per heavy atom. The molecule has 0 unspecified atom stereocenters. The van der Waals surface area contributed by atoms with Gasteiger partial charge in [-0.3, -0.25) is 0 Å². The molecule has 0 aliphatic carbocycles. The van der Waals surface area contributed by atoms with Gasteiger partial charge in [0.1, 0.15) is 0 Å². The molecule has 35 valence electrons. The average Bonchev–Trinajstić information content (AvgIpc) is 1.61. The molecule has 0 fully saturated rings. The van der Waals surface area contributed by atoms with E-state index in [-0.39, 0.29) is 0 Å². The van der Waals surface area contributed by atoms with E-state index in [1.165, 1.54) is 33.7 Å². The van der Waals surface area contributed by atoms with Crippen molar-refractivity contribution in [2.75, 3.05) is 6.54 Å². The van der Waals surface area contributed by atoms with Gasteiger partial charge in [0.25, 0.3) is 0 Å². The molecule has 0 saturated carbocycles. The summed E-state index contributed by atoms with van der Waals surface area (Å²) >= 11 is 1.19. The molecular formula is C4H9NTa. The topological polar surface area (TPSA) is 12.4 Å². The quantitative estimate of drug-likeness (QED) is 0.675. The van der Waals surface area contributed by atoms with Gasteiger partial charge in [-0.25, -0.2) is 0 Å². The Balaban J connectivity index is 2.49. The van der Waals surface area contributed by atoms with Gasteiger partial charge in [0.15, 0.2) is 0 Å². The summed E-state index contributed by atoms with van der Waals surface area (Å²) in [6.07, 6.45) is 2.55. The predicted molar refractivity (Wildman–Crippen MR) is 22.2 cm³/mol. The summed E-state index contributed by atoms with van der Waals surface area (Å²) in [6.45, 7) is 3.27. The molecule has 2 heteroatoms. The van der Waals surface area contributed by atoms with Crippen LogP contribution >= 0.6 is 0 Å². The molecule has 0 amide bonds. The summed E-state index contributed by atoms with van der Waals surface area (Å²) in [7, 11) is 0. The molecule has 0 bridgehead atoms. The maximum atomic E-state index is 4.04. The van der Waals surface area contributed by atoms with E-state index in [9.17, 15) is 0 Å². The predicted octanol–water partition coefficient (Wildman–Crippen LogP) is 1.52. The molecule has 0 radical (unpaired) electrons. The summed E-state index contributed by atoms with van der Waals surface area (Å²) in [4.78, 5) is 0. The molecule has 0 heterocycles. The van der Waals surface area contributed by atoms with Crippen molar-refractivity contribution in [1.29, 1.82) is 0 Å². The monoisotopic (exact) mass is 252 g/mol. The number of hydrogen-bond donors (Lipinski definition) is 0. The van der Waals surface area contributed by atoms with Crippen molar-refractivity contribution in [3.63, 3.8) is 0 Å². The van der Waals surface area contributed by atoms with Crippen LogP contribution in [-0.4, -0.2) is 6.54 Å². The van der Waals surface area contributed by atoms with Crippen LogP contribution in [0.5, 0.6) is 0 Å². The zero-order chi connectivity index (χ0) is 4.83. The normalized spacial score (nSPS) is 8.00. The van der Waals surface area contributed by atoms with Gasteiger partial charge < -0.3 is 0 Å². The van der Waals surface area contributed by atoms with Crippen molar-refractivity contribution in [2.45, 2.75) is 19.8 Å². The molecule has 0 aromatic heterocycles. The van der Waals surface area contributed by atoms with Crippen molar-refractivity contribution in [3.8, 4) is 0 Å². The molecule has 0 aromatic rings. The van der Waals surface area contributed by atoms with E-state index < -0.39 is 0 Å². The summed E-state index contributed by atoms with van der Waals surface area (Å²) < 4.78 is 4.04. The first-order valence-corrected chi connectivity index (χ1v) is 3.66. The molecule has 0 aliphatic heterocycles. The first-order valence-electron chi connectivity index (χ1n) is 2.22. The average molecular weight is 252 g/mol. The second-order valence-electron chi connectivity index (χ2n) is 1.22. The van der Waals surface area contributed by atoms with Gasteiger partial charge in [-0.2, -0.15) is 0 Å². The van der Waals surface area contributed by atoms with E-state index >= 15 is 0 Å². The Bertz CT molecular complexity index is 36.5. The SMILES string of the molecule is CCCC[N]=[Ta]. The van der Waals surface area contributed by atoms with Crippen LogP contribution in [0.25, 0.3) is 0 Å². The fourth-order valence-corrected chi connectivity index (χ4v) is 0.737. The van der Waals surface area contributed by atoms with E-state index in [1.54, 1.807) is 0 Å². The Morgan fingerprint density at radius 2 is 2.33 bits per heavy atom. The Hall–Kier alpha value is 0.540. The summed E-state index contributed by atoms with van der Waals surface area (Å²) in [5.74, 6) is 0. The van der Waals surface area contributed by atoms with Crippen LogP contribution in [-0.2, 0) is 20.9 Å². The Labute approximate surface area is 50.9 Å². The third-order valence-electron chi connectivity index (χ3n) is 0.612. The third-order valence-corrected chi connectivity index (χ3v) is 1.33. The second kappa shape index (κ2) is 5.54. The van der Waals surface area contributed by atoms with Crippen molar-refractivity contribution in [1.82, 2.24) is 0 Å². The van der Waals surface area contributed by atoms with Gasteiger partial charge in [-0.1, -0.05) is 0 Å². The number of nitrogens with zero attached hydrogens (tertiary/aromatic N) is 1. The summed E-state index contributed by atoms with van der Waals surface area (Å²) in [5, 5.41) is 0. The molecule has 0 saturated heterocycles. The number of hydrogen-bond acceptors (Lipinski definition) is 1. The molecule has 6 heavy (non-hydrogen) atoms. The van der Waals surface area contributed by atoms with Gasteiger partial charge in [-0.15, -0.1) is 0 Å². The van der Waals surface area contributed by atoms with Gasteiger partial charge in [0.2, 0.25) is 0 Å². The van der Waals surface area contributed by atoms with Crippen molar-refractivity contribution in [3.05, 3.63) is 0 Å². The first kappa shape index (κ1) is 6.54. The molecule has 0 aromatic carbocycles. The second-order valence-corrected chi connectivity index (χ2v) is 2.23. The van der Waals surface area contributed by atoms with Crippen molar-refractivity contribution in [2.24, 2.45) is 3.34 Å². The molecule has 0 spiro atoms. The Morgan fingerprint density at radius 3 is 2.50 bits per heavy atom. The number of rotatable bonds is 3. The molecule has 1 nitrogen and oxygen atoms in total. The van der Waals surface area contributed by atoms with Crippen LogP contribution in [0.3, 0.4) is 0 Å². The maximum absolute atomic E-state index is 4.04. The molecular weight excluding hydrogens is 243 g/mol. The zero-order valence-corrected chi connectivity index (χ0v) is 7.23. The molecule has 0 N–H and O–H groups in total. The van der Waals surface area contributed by atoms with E-state index in [1.807, 2.05) is 0 Å². The standard InChI is InChI=1S/C4H9N.Ta/c1-2-3-4-5;/h2-4H2,1H3;. The van der Waals surface area contributed by atoms with Crippen molar-refractivity contribution >= 4 is 0 Å². The van der Waals surface area contributed by atoms with Gasteiger partial charge >= 0.3 is 50.5 Å². The zero-order valence-electron chi connectivity index (χ0n) is 4.02. The molecule has 0 aliphatic rings. The van der Waals surface area contributed by atoms with Gasteiger partial charge in [0.05, 0.1) is 0 Å². The fraction of sp³-hybridized carbons (Fsp3) is 1.00. The van der Waals surface area contributed by atoms with E-state index in [0.29, 0.717) is 0 Å². The van der Waals surface area contributed by atoms with E-state index in [0.717, 1.165) is 6.54 Å². The van der Waals surface area contributed by atoms with Crippen molar-refractivity contribution < 1.29 is 20.9 Å². The van der Waals surface area contributed by atoms with Crippen LogP contribution in [0.1, 0.15) is 19.8 Å². The van der Waals surface area contributed by atoms with Crippen LogP contribution in [0.15, 0.2) is 3.34 Å². The Kier molecular flexibility index (Phi) is 6.04. The van der Waals surface area contributed by atoms with Crippen LogP contribution in [0.2, 0.25) is 0 Å². The van der Waals surface area contributed by atoms with Crippen LogP contribution < -0.4 is 0 Å². The molecule has 0 rings (SSSR count). The minimum atomic E-state index is 1.09. The minimum absolute atomic E-state index is 1.09. The van der Waals surface area contributed by atoms with E-state index in [4.69, 9.17) is 0 Å². The van der Waals surface area contributed by atoms with Crippen LogP contribution in [0.4, 0.5) is 0 Å². The van der Waals surface area contributed by atoms with Gasteiger partial charge in [0, 0.05) is 0 Å². The van der Waals surface area contributed by atoms with Gasteiger partial charge in [-0.05, 0) is 0 Å². The van der Waals surface area contributed by atoms with E-state index in [2.05, 4.69) is 10.3 Å². The van der Waals surface area contributed by atoms with Crippen LogP contribution in [0, 0.1) is 0 Å². The fourth-order valence-electron chi connectivity index (χ4n) is 0.229. The number of unbranched alkanes of at least 4 members (excludes halogenated alkanes) is 1. The third kappa shape index (κ3) is 4.54.